The molecule has 12 nitrogen and oxygen atoms in total. The molecule has 3 N–H and O–H groups in total. The van der Waals surface area contributed by atoms with Crippen molar-refractivity contribution in [3.63, 3.8) is 0 Å². The molecule has 0 saturated carbocycles. The number of anilines is 2. The van der Waals surface area contributed by atoms with E-state index in [1.807, 2.05) is 49.4 Å². The van der Waals surface area contributed by atoms with Crippen LogP contribution < -0.4 is 21.1 Å². The molecule has 1 saturated heterocycles. The Bertz CT molecular complexity index is 1850. The number of fused-ring (bicyclic) bond motifs is 5. The molecule has 0 spiro atoms. The fourth-order valence-electron chi connectivity index (χ4n) is 6.65. The van der Waals surface area contributed by atoms with Crippen molar-refractivity contribution in [3.8, 4) is 22.6 Å². The smallest absolute Gasteiger partial charge is 0.450 e. The highest BCUT2D eigenvalue weighted by Gasteiger charge is 2.42. The van der Waals surface area contributed by atoms with Crippen LogP contribution in [0.3, 0.4) is 0 Å². The Labute approximate surface area is 271 Å². The lowest BCUT2D eigenvalue weighted by Crippen LogP contribution is -2.28. The maximum Gasteiger partial charge on any atom is 0.695 e. The number of rotatable bonds is 10. The molecule has 3 aromatic carbocycles. The van der Waals surface area contributed by atoms with Gasteiger partial charge in [0.25, 0.3) is 0 Å². The van der Waals surface area contributed by atoms with Gasteiger partial charge in [-0.3, -0.25) is 4.57 Å². The van der Waals surface area contributed by atoms with E-state index in [1.54, 1.807) is 0 Å². The predicted molar refractivity (Wildman–Crippen MR) is 173 cm³/mol. The first-order chi connectivity index (χ1) is 22.9. The number of aryl methyl sites for hydroxylation is 1. The highest BCUT2D eigenvalue weighted by Crippen LogP contribution is 2.45. The molecule has 3 heterocycles. The van der Waals surface area contributed by atoms with E-state index in [4.69, 9.17) is 18.7 Å². The Morgan fingerprint density at radius 1 is 1.09 bits per heavy atom. The molecule has 242 valence electrons. The molecule has 47 heavy (non-hydrogen) atoms. The zero-order valence-electron chi connectivity index (χ0n) is 25.6. The van der Waals surface area contributed by atoms with E-state index in [9.17, 15) is 19.0 Å². The van der Waals surface area contributed by atoms with Crippen molar-refractivity contribution < 1.29 is 33.0 Å². The van der Waals surface area contributed by atoms with E-state index in [-0.39, 0.29) is 24.8 Å². The van der Waals surface area contributed by atoms with Crippen LogP contribution in [0.25, 0.3) is 11.1 Å². The molecule has 1 aromatic heterocycles. The molecule has 7 rings (SSSR count). The SMILES string of the molecule is CCC1OC(n2cc3c(nc2=O)Nc2c(CCCNC(=O)OCC4c5ccccc5-c5ccccc54)cccc2O3)CC1O[P+](=O)O. The normalized spacial score (nSPS) is 19.4. The molecular weight excluding hydrogens is 623 g/mol. The number of ether oxygens (including phenoxy) is 3. The molecule has 2 aliphatic heterocycles. The fraction of sp³-hybridized carbons (Fsp3) is 0.324. The lowest BCUT2D eigenvalue weighted by atomic mass is 9.98. The van der Waals surface area contributed by atoms with E-state index in [0.717, 1.165) is 16.7 Å². The zero-order valence-corrected chi connectivity index (χ0v) is 26.5. The topological polar surface area (TPSA) is 150 Å². The Balaban J connectivity index is 0.945. The molecule has 3 aliphatic rings. The van der Waals surface area contributed by atoms with Crippen molar-refractivity contribution in [3.05, 3.63) is 100 Å². The van der Waals surface area contributed by atoms with Gasteiger partial charge in [-0.1, -0.05) is 67.6 Å². The van der Waals surface area contributed by atoms with Crippen molar-refractivity contribution in [1.29, 1.82) is 0 Å². The third-order valence-corrected chi connectivity index (χ3v) is 9.30. The minimum atomic E-state index is -2.80. The summed E-state index contributed by atoms with van der Waals surface area (Å²) in [7, 11) is -2.80. The van der Waals surface area contributed by atoms with Crippen LogP contribution in [0.2, 0.25) is 0 Å². The van der Waals surface area contributed by atoms with Crippen LogP contribution in [0.5, 0.6) is 11.5 Å². The Morgan fingerprint density at radius 3 is 2.55 bits per heavy atom. The van der Waals surface area contributed by atoms with Crippen LogP contribution >= 0.6 is 8.25 Å². The summed E-state index contributed by atoms with van der Waals surface area (Å²) in [6.07, 6.45) is 1.33. The van der Waals surface area contributed by atoms with E-state index in [0.29, 0.717) is 43.0 Å². The number of alkyl carbamates (subject to hydrolysis) is 1. The Kier molecular flexibility index (Phi) is 8.74. The maximum absolute atomic E-state index is 13.0. The highest BCUT2D eigenvalue weighted by molar-refractivity contribution is 7.32. The number of hydrogen-bond donors (Lipinski definition) is 3. The summed E-state index contributed by atoms with van der Waals surface area (Å²) in [5.74, 6) is 1.20. The van der Waals surface area contributed by atoms with Gasteiger partial charge in [0.15, 0.2) is 17.3 Å². The largest absolute Gasteiger partial charge is 0.695 e. The molecule has 1 fully saturated rings. The Morgan fingerprint density at radius 2 is 1.83 bits per heavy atom. The van der Waals surface area contributed by atoms with Gasteiger partial charge in [-0.05, 0) is 53.1 Å². The van der Waals surface area contributed by atoms with Crippen LogP contribution in [-0.4, -0.2) is 45.9 Å². The van der Waals surface area contributed by atoms with Gasteiger partial charge in [0, 0.05) is 23.4 Å². The molecule has 1 aliphatic carbocycles. The summed E-state index contributed by atoms with van der Waals surface area (Å²) in [4.78, 5) is 39.0. The van der Waals surface area contributed by atoms with E-state index < -0.39 is 38.5 Å². The number of para-hydroxylation sites is 1. The number of nitrogens with zero attached hydrogens (tertiary/aromatic N) is 2. The van der Waals surface area contributed by atoms with E-state index in [2.05, 4.69) is 39.9 Å². The number of carbonyl (C=O) groups is 1. The van der Waals surface area contributed by atoms with Crippen molar-refractivity contribution in [2.45, 2.75) is 57.0 Å². The zero-order chi connectivity index (χ0) is 32.5. The van der Waals surface area contributed by atoms with Gasteiger partial charge in [-0.2, -0.15) is 4.98 Å². The van der Waals surface area contributed by atoms with E-state index in [1.165, 1.54) is 21.9 Å². The molecule has 4 atom stereocenters. The summed E-state index contributed by atoms with van der Waals surface area (Å²) in [5, 5.41) is 6.10. The van der Waals surface area contributed by atoms with Gasteiger partial charge in [0.2, 0.25) is 0 Å². The van der Waals surface area contributed by atoms with E-state index >= 15 is 0 Å². The Hall–Kier alpha value is -4.61. The molecule has 1 amide bonds. The van der Waals surface area contributed by atoms with Crippen molar-refractivity contribution in [2.75, 3.05) is 18.5 Å². The van der Waals surface area contributed by atoms with Crippen LogP contribution in [0.4, 0.5) is 16.3 Å². The molecule has 4 unspecified atom stereocenters. The van der Waals surface area contributed by atoms with Gasteiger partial charge in [-0.25, -0.2) is 9.59 Å². The molecule has 0 bridgehead atoms. The summed E-state index contributed by atoms with van der Waals surface area (Å²) in [6.45, 7) is 2.54. The number of aromatic nitrogens is 2. The lowest BCUT2D eigenvalue weighted by molar-refractivity contribution is -0.0184. The van der Waals surface area contributed by atoms with Gasteiger partial charge in [-0.15, -0.1) is 9.42 Å². The molecule has 13 heteroatoms. The molecule has 4 aromatic rings. The number of nitrogens with one attached hydrogen (secondary N) is 2. The first-order valence-electron chi connectivity index (χ1n) is 15.7. The van der Waals surface area contributed by atoms with Crippen LogP contribution in [0.15, 0.2) is 77.7 Å². The van der Waals surface area contributed by atoms with Crippen molar-refractivity contribution in [1.82, 2.24) is 14.9 Å². The minimum absolute atomic E-state index is 0.000849. The third kappa shape index (κ3) is 6.25. The predicted octanol–water partition coefficient (Wildman–Crippen LogP) is 6.30. The second-order valence-corrected chi connectivity index (χ2v) is 12.4. The number of amides is 1. The van der Waals surface area contributed by atoms with Gasteiger partial charge in [0.1, 0.15) is 18.9 Å². The van der Waals surface area contributed by atoms with Crippen LogP contribution in [-0.2, 0) is 25.0 Å². The second kappa shape index (κ2) is 13.2. The summed E-state index contributed by atoms with van der Waals surface area (Å²) in [6, 6.07) is 22.1. The first-order valence-corrected chi connectivity index (χ1v) is 16.8. The maximum atomic E-state index is 13.0. The lowest BCUT2D eigenvalue weighted by Gasteiger charge is -2.24. The molecular formula is C34H34N4O8P+. The fourth-order valence-corrected chi connectivity index (χ4v) is 7.10. The summed E-state index contributed by atoms with van der Waals surface area (Å²) in [5.41, 5.74) is 5.78. The van der Waals surface area contributed by atoms with Gasteiger partial charge < -0.3 is 24.8 Å². The third-order valence-electron chi connectivity index (χ3n) is 8.85. The number of hydrogen-bond acceptors (Lipinski definition) is 9. The number of benzene rings is 3. The second-order valence-electron chi connectivity index (χ2n) is 11.7. The van der Waals surface area contributed by atoms with Gasteiger partial charge in [0.05, 0.1) is 18.0 Å². The number of carbonyl (C=O) groups excluding carboxylic acids is 1. The average molecular weight is 658 g/mol. The summed E-state index contributed by atoms with van der Waals surface area (Å²) >= 11 is 0. The quantitative estimate of drug-likeness (QED) is 0.115. The minimum Gasteiger partial charge on any atom is -0.450 e. The van der Waals surface area contributed by atoms with Crippen molar-refractivity contribution >= 4 is 25.9 Å². The highest BCUT2D eigenvalue weighted by atomic mass is 31.1. The molecule has 0 radical (unpaired) electrons. The van der Waals surface area contributed by atoms with Crippen LogP contribution in [0.1, 0.15) is 55.0 Å². The summed E-state index contributed by atoms with van der Waals surface area (Å²) < 4.78 is 35.4. The first kappa shape index (κ1) is 31.0. The average Bonchev–Trinajstić information content (AvgIpc) is 3.62. The van der Waals surface area contributed by atoms with Crippen molar-refractivity contribution in [2.24, 2.45) is 0 Å². The van der Waals surface area contributed by atoms with Crippen LogP contribution in [0, 0.1) is 0 Å². The van der Waals surface area contributed by atoms with Gasteiger partial charge >= 0.3 is 20.0 Å². The standard InChI is InChI=1S/C34H33N4O8P/c1-2-26-28(46-47(41)42)17-30(45-26)38-18-29-32(37-33(38)39)36-31-20(9-7-15-27(31)44-29)10-8-16-35-34(40)43-19-25-23-13-5-3-11-21(23)22-12-4-6-14-24(22)25/h3-7,9,11-15,18,25-26,28,30H,2,8,10,16-17,19H2,1H3,(H2-,35,36,37,39,40,41,42)/p+1. The monoisotopic (exact) mass is 657 g/mol.